The average molecular weight is 235 g/mol. The van der Waals surface area contributed by atoms with E-state index in [1.54, 1.807) is 13.3 Å². The van der Waals surface area contributed by atoms with Gasteiger partial charge in [-0.1, -0.05) is 6.07 Å². The van der Waals surface area contributed by atoms with Gasteiger partial charge in [0.15, 0.2) is 0 Å². The molecule has 0 amide bonds. The number of piperidine rings is 1. The number of nitrogens with one attached hydrogen (secondary N) is 1. The molecule has 0 saturated carbocycles. The molecule has 0 aliphatic carbocycles. The van der Waals surface area contributed by atoms with Crippen molar-refractivity contribution in [3.8, 4) is 5.88 Å². The molecule has 1 fully saturated rings. The molecule has 0 bridgehead atoms. The Morgan fingerprint density at radius 3 is 2.94 bits per heavy atom. The first-order valence-electron chi connectivity index (χ1n) is 6.19. The molecule has 1 aromatic heterocycles. The largest absolute Gasteiger partial charge is 0.481 e. The van der Waals surface area contributed by atoms with Gasteiger partial charge in [-0.05, 0) is 39.0 Å². The predicted octanol–water partition coefficient (Wildman–Crippen LogP) is 1.27. The molecule has 4 nitrogen and oxygen atoms in total. The Kier molecular flexibility index (Phi) is 4.34. The van der Waals surface area contributed by atoms with Crippen LogP contribution < -0.4 is 10.1 Å². The van der Waals surface area contributed by atoms with Gasteiger partial charge in [0.1, 0.15) is 0 Å². The van der Waals surface area contributed by atoms with Crippen LogP contribution in [0.3, 0.4) is 0 Å². The van der Waals surface area contributed by atoms with Crippen molar-refractivity contribution in [2.75, 3.05) is 27.2 Å². The van der Waals surface area contributed by atoms with Gasteiger partial charge in [-0.25, -0.2) is 4.98 Å². The number of hydrogen-bond donors (Lipinski definition) is 1. The molecular weight excluding hydrogens is 214 g/mol. The molecule has 4 heteroatoms. The van der Waals surface area contributed by atoms with Gasteiger partial charge < -0.3 is 15.0 Å². The molecule has 2 rings (SSSR count). The molecule has 0 aromatic carbocycles. The van der Waals surface area contributed by atoms with Gasteiger partial charge in [0, 0.05) is 24.3 Å². The lowest BCUT2D eigenvalue weighted by Crippen LogP contribution is -2.40. The highest BCUT2D eigenvalue weighted by Gasteiger charge is 2.16. The monoisotopic (exact) mass is 235 g/mol. The van der Waals surface area contributed by atoms with Crippen molar-refractivity contribution in [2.24, 2.45) is 0 Å². The maximum atomic E-state index is 5.24. The molecule has 1 aliphatic heterocycles. The highest BCUT2D eigenvalue weighted by atomic mass is 16.5. The van der Waals surface area contributed by atoms with E-state index in [0.717, 1.165) is 18.0 Å². The van der Waals surface area contributed by atoms with Crippen molar-refractivity contribution < 1.29 is 4.74 Å². The first-order chi connectivity index (χ1) is 8.29. The standard InChI is InChI=1S/C13H21N3O/c1-16-8-5-12(6-9-16)15-10-11-4-3-7-14-13(11)17-2/h3-4,7,12,15H,5-6,8-10H2,1-2H3. The van der Waals surface area contributed by atoms with Crippen LogP contribution >= 0.6 is 0 Å². The summed E-state index contributed by atoms with van der Waals surface area (Å²) in [5.74, 6) is 0.730. The number of ether oxygens (including phenoxy) is 1. The fourth-order valence-corrected chi connectivity index (χ4v) is 2.21. The van der Waals surface area contributed by atoms with Crippen LogP contribution in [0.2, 0.25) is 0 Å². The normalized spacial score (nSPS) is 18.2. The second kappa shape index (κ2) is 5.98. The number of aromatic nitrogens is 1. The molecule has 1 N–H and O–H groups in total. The number of hydrogen-bond acceptors (Lipinski definition) is 4. The van der Waals surface area contributed by atoms with Crippen LogP contribution in [0.15, 0.2) is 18.3 Å². The van der Waals surface area contributed by atoms with Crippen LogP contribution in [0.5, 0.6) is 5.88 Å². The van der Waals surface area contributed by atoms with E-state index in [9.17, 15) is 0 Å². The topological polar surface area (TPSA) is 37.4 Å². The number of methoxy groups -OCH3 is 1. The van der Waals surface area contributed by atoms with E-state index in [4.69, 9.17) is 4.74 Å². The van der Waals surface area contributed by atoms with E-state index in [1.165, 1.54) is 25.9 Å². The van der Waals surface area contributed by atoms with Gasteiger partial charge in [0.25, 0.3) is 0 Å². The average Bonchev–Trinajstić information content (AvgIpc) is 2.38. The molecule has 94 valence electrons. The molecular formula is C13H21N3O. The van der Waals surface area contributed by atoms with E-state index in [2.05, 4.69) is 28.3 Å². The molecule has 0 unspecified atom stereocenters. The zero-order chi connectivity index (χ0) is 12.1. The Bertz CT molecular complexity index is 348. The van der Waals surface area contributed by atoms with Gasteiger partial charge >= 0.3 is 0 Å². The lowest BCUT2D eigenvalue weighted by atomic mass is 10.1. The van der Waals surface area contributed by atoms with Crippen molar-refractivity contribution in [3.63, 3.8) is 0 Å². The maximum absolute atomic E-state index is 5.24. The van der Waals surface area contributed by atoms with Crippen molar-refractivity contribution in [1.29, 1.82) is 0 Å². The van der Waals surface area contributed by atoms with E-state index in [1.807, 2.05) is 6.07 Å². The third-order valence-electron chi connectivity index (χ3n) is 3.34. The lowest BCUT2D eigenvalue weighted by Gasteiger charge is -2.29. The van der Waals surface area contributed by atoms with Gasteiger partial charge in [-0.15, -0.1) is 0 Å². The Labute approximate surface area is 103 Å². The van der Waals surface area contributed by atoms with Gasteiger partial charge in [-0.3, -0.25) is 0 Å². The highest BCUT2D eigenvalue weighted by Crippen LogP contribution is 2.15. The molecule has 1 aromatic rings. The van der Waals surface area contributed by atoms with Gasteiger partial charge in [-0.2, -0.15) is 0 Å². The van der Waals surface area contributed by atoms with Crippen molar-refractivity contribution >= 4 is 0 Å². The lowest BCUT2D eigenvalue weighted by molar-refractivity contribution is 0.233. The first-order valence-corrected chi connectivity index (χ1v) is 6.19. The molecule has 0 atom stereocenters. The maximum Gasteiger partial charge on any atom is 0.217 e. The Hall–Kier alpha value is -1.13. The van der Waals surface area contributed by atoms with Crippen molar-refractivity contribution in [3.05, 3.63) is 23.9 Å². The van der Waals surface area contributed by atoms with E-state index in [0.29, 0.717) is 6.04 Å². The minimum absolute atomic E-state index is 0.621. The molecule has 17 heavy (non-hydrogen) atoms. The summed E-state index contributed by atoms with van der Waals surface area (Å²) in [5.41, 5.74) is 1.13. The Balaban J connectivity index is 1.85. The van der Waals surface area contributed by atoms with Crippen molar-refractivity contribution in [1.82, 2.24) is 15.2 Å². The zero-order valence-corrected chi connectivity index (χ0v) is 10.6. The molecule has 1 saturated heterocycles. The summed E-state index contributed by atoms with van der Waals surface area (Å²) in [7, 11) is 3.85. The van der Waals surface area contributed by atoms with Gasteiger partial charge in [0.05, 0.1) is 7.11 Å². The van der Waals surface area contributed by atoms with Gasteiger partial charge in [0.2, 0.25) is 5.88 Å². The fourth-order valence-electron chi connectivity index (χ4n) is 2.21. The summed E-state index contributed by atoms with van der Waals surface area (Å²) in [4.78, 5) is 6.58. The van der Waals surface area contributed by atoms with Crippen LogP contribution in [0.4, 0.5) is 0 Å². The highest BCUT2D eigenvalue weighted by molar-refractivity contribution is 5.25. The number of nitrogens with zero attached hydrogens (tertiary/aromatic N) is 2. The smallest absolute Gasteiger partial charge is 0.217 e. The van der Waals surface area contributed by atoms with Crippen LogP contribution in [0, 0.1) is 0 Å². The van der Waals surface area contributed by atoms with E-state index in [-0.39, 0.29) is 0 Å². The molecule has 2 heterocycles. The summed E-state index contributed by atoms with van der Waals surface area (Å²) >= 11 is 0. The molecule has 1 aliphatic rings. The second-order valence-corrected chi connectivity index (χ2v) is 4.63. The Morgan fingerprint density at radius 2 is 2.24 bits per heavy atom. The summed E-state index contributed by atoms with van der Waals surface area (Å²) in [6, 6.07) is 4.64. The van der Waals surface area contributed by atoms with E-state index < -0.39 is 0 Å². The summed E-state index contributed by atoms with van der Waals surface area (Å²) in [5, 5.41) is 3.59. The predicted molar refractivity (Wildman–Crippen MR) is 68.1 cm³/mol. The minimum atomic E-state index is 0.621. The van der Waals surface area contributed by atoms with Crippen molar-refractivity contribution in [2.45, 2.75) is 25.4 Å². The number of likely N-dealkylation sites (tertiary alicyclic amines) is 1. The van der Waals surface area contributed by atoms with Crippen LogP contribution in [-0.2, 0) is 6.54 Å². The summed E-state index contributed by atoms with van der Waals surface area (Å²) in [6.07, 6.45) is 4.20. The first kappa shape index (κ1) is 12.3. The number of pyridine rings is 1. The minimum Gasteiger partial charge on any atom is -0.481 e. The quantitative estimate of drug-likeness (QED) is 0.853. The van der Waals surface area contributed by atoms with Crippen LogP contribution in [-0.4, -0.2) is 43.2 Å². The third-order valence-corrected chi connectivity index (χ3v) is 3.34. The van der Waals surface area contributed by atoms with Crippen LogP contribution in [0.25, 0.3) is 0 Å². The Morgan fingerprint density at radius 1 is 1.47 bits per heavy atom. The third kappa shape index (κ3) is 3.41. The second-order valence-electron chi connectivity index (χ2n) is 4.63. The summed E-state index contributed by atoms with van der Waals surface area (Å²) in [6.45, 7) is 3.20. The summed E-state index contributed by atoms with van der Waals surface area (Å²) < 4.78 is 5.24. The fraction of sp³-hybridized carbons (Fsp3) is 0.615. The van der Waals surface area contributed by atoms with Crippen LogP contribution in [0.1, 0.15) is 18.4 Å². The SMILES string of the molecule is COc1ncccc1CNC1CCN(C)CC1. The number of rotatable bonds is 4. The molecule has 0 spiro atoms. The van der Waals surface area contributed by atoms with E-state index >= 15 is 0 Å². The zero-order valence-electron chi connectivity index (χ0n) is 10.6. The molecule has 0 radical (unpaired) electrons.